The van der Waals surface area contributed by atoms with Gasteiger partial charge in [0.1, 0.15) is 10.6 Å². The van der Waals surface area contributed by atoms with Gasteiger partial charge in [0.25, 0.3) is 0 Å². The van der Waals surface area contributed by atoms with E-state index < -0.39 is 31.0 Å². The molecule has 4 rings (SSSR count). The van der Waals surface area contributed by atoms with Gasteiger partial charge in [-0.2, -0.15) is 0 Å². The molecule has 0 saturated carbocycles. The average Bonchev–Trinajstić information content (AvgIpc) is 3.03. The zero-order valence-electron chi connectivity index (χ0n) is 17.2. The van der Waals surface area contributed by atoms with E-state index in [4.69, 9.17) is 4.74 Å². The molecule has 1 aliphatic heterocycles. The SMILES string of the molecule is COc1ccc(C)cc1S(=O)(=O)[C@H]1CS(=O)(=O)C[C@@H]1NC1CCCc2ccccc21. The molecule has 6 nitrogen and oxygen atoms in total. The van der Waals surface area contributed by atoms with Crippen molar-refractivity contribution in [2.24, 2.45) is 0 Å². The summed E-state index contributed by atoms with van der Waals surface area (Å²) < 4.78 is 57.4. The van der Waals surface area contributed by atoms with E-state index in [9.17, 15) is 16.8 Å². The van der Waals surface area contributed by atoms with Crippen molar-refractivity contribution >= 4 is 19.7 Å². The lowest BCUT2D eigenvalue weighted by atomic mass is 9.87. The second-order valence-electron chi connectivity index (χ2n) is 8.23. The minimum atomic E-state index is -3.92. The van der Waals surface area contributed by atoms with Gasteiger partial charge in [-0.25, -0.2) is 16.8 Å². The Morgan fingerprint density at radius 3 is 2.63 bits per heavy atom. The first kappa shape index (κ1) is 21.3. The summed E-state index contributed by atoms with van der Waals surface area (Å²) in [5, 5.41) is 2.36. The monoisotopic (exact) mass is 449 g/mol. The zero-order chi connectivity index (χ0) is 21.5. The maximum Gasteiger partial charge on any atom is 0.187 e. The van der Waals surface area contributed by atoms with Crippen molar-refractivity contribution in [1.29, 1.82) is 0 Å². The Morgan fingerprint density at radius 2 is 1.87 bits per heavy atom. The van der Waals surface area contributed by atoms with Gasteiger partial charge in [0.15, 0.2) is 19.7 Å². The maximum absolute atomic E-state index is 13.6. The van der Waals surface area contributed by atoms with Crippen LogP contribution in [-0.2, 0) is 26.1 Å². The first-order valence-corrected chi connectivity index (χ1v) is 13.5. The molecule has 0 bridgehead atoms. The summed E-state index contributed by atoms with van der Waals surface area (Å²) in [6.07, 6.45) is 2.82. The molecule has 30 heavy (non-hydrogen) atoms. The summed E-state index contributed by atoms with van der Waals surface area (Å²) in [5.74, 6) is -0.311. The van der Waals surface area contributed by atoms with Crippen LogP contribution in [0.1, 0.15) is 35.6 Å². The average molecular weight is 450 g/mol. The predicted octanol–water partition coefficient (Wildman–Crippen LogP) is 2.61. The molecule has 0 aromatic heterocycles. The number of fused-ring (bicyclic) bond motifs is 1. The highest BCUT2D eigenvalue weighted by atomic mass is 32.2. The van der Waals surface area contributed by atoms with Crippen LogP contribution in [0.5, 0.6) is 5.75 Å². The molecule has 3 atom stereocenters. The van der Waals surface area contributed by atoms with E-state index in [1.54, 1.807) is 25.1 Å². The van der Waals surface area contributed by atoms with Crippen molar-refractivity contribution in [3.63, 3.8) is 0 Å². The molecule has 162 valence electrons. The molecule has 1 N–H and O–H groups in total. The normalized spacial score (nSPS) is 25.6. The van der Waals surface area contributed by atoms with Gasteiger partial charge in [-0.1, -0.05) is 30.3 Å². The van der Waals surface area contributed by atoms with Crippen molar-refractivity contribution in [2.75, 3.05) is 18.6 Å². The molecular formula is C22H27NO5S2. The van der Waals surface area contributed by atoms with Gasteiger partial charge < -0.3 is 10.1 Å². The fourth-order valence-corrected chi connectivity index (χ4v) is 9.55. The number of aryl methyl sites for hydroxylation is 2. The number of nitrogens with one attached hydrogen (secondary N) is 1. The summed E-state index contributed by atoms with van der Waals surface area (Å²) in [6.45, 7) is 1.80. The summed E-state index contributed by atoms with van der Waals surface area (Å²) in [7, 11) is -5.97. The van der Waals surface area contributed by atoms with Crippen LogP contribution in [0.4, 0.5) is 0 Å². The van der Waals surface area contributed by atoms with Crippen LogP contribution in [0.3, 0.4) is 0 Å². The van der Waals surface area contributed by atoms with Crippen LogP contribution in [0, 0.1) is 6.92 Å². The van der Waals surface area contributed by atoms with E-state index in [0.29, 0.717) is 0 Å². The molecule has 1 heterocycles. The number of sulfone groups is 2. The van der Waals surface area contributed by atoms with Gasteiger partial charge in [-0.05, 0) is 55.0 Å². The topological polar surface area (TPSA) is 89.5 Å². The Hall–Kier alpha value is -1.90. The van der Waals surface area contributed by atoms with E-state index in [1.165, 1.54) is 12.7 Å². The van der Waals surface area contributed by atoms with Crippen LogP contribution in [0.25, 0.3) is 0 Å². The van der Waals surface area contributed by atoms with Gasteiger partial charge >= 0.3 is 0 Å². The molecule has 1 unspecified atom stereocenters. The molecule has 0 spiro atoms. The molecular weight excluding hydrogens is 422 g/mol. The molecule has 8 heteroatoms. The van der Waals surface area contributed by atoms with Crippen molar-refractivity contribution in [1.82, 2.24) is 5.32 Å². The van der Waals surface area contributed by atoms with Crippen LogP contribution < -0.4 is 10.1 Å². The van der Waals surface area contributed by atoms with Crippen LogP contribution in [-0.4, -0.2) is 46.7 Å². The molecule has 0 amide bonds. The molecule has 2 aromatic carbocycles. The van der Waals surface area contributed by atoms with Crippen molar-refractivity contribution in [3.05, 3.63) is 59.2 Å². The maximum atomic E-state index is 13.6. The lowest BCUT2D eigenvalue weighted by molar-refractivity contribution is 0.398. The minimum absolute atomic E-state index is 0.0506. The molecule has 0 radical (unpaired) electrons. The summed E-state index contributed by atoms with van der Waals surface area (Å²) >= 11 is 0. The van der Waals surface area contributed by atoms with Gasteiger partial charge in [-0.15, -0.1) is 0 Å². The van der Waals surface area contributed by atoms with E-state index in [2.05, 4.69) is 11.4 Å². The van der Waals surface area contributed by atoms with E-state index in [1.807, 2.05) is 18.2 Å². The lowest BCUT2D eigenvalue weighted by Crippen LogP contribution is -2.45. The van der Waals surface area contributed by atoms with Crippen LogP contribution in [0.15, 0.2) is 47.4 Å². The Kier molecular flexibility index (Phi) is 5.67. The molecule has 1 saturated heterocycles. The largest absolute Gasteiger partial charge is 0.495 e. The van der Waals surface area contributed by atoms with Crippen molar-refractivity contribution in [2.45, 2.75) is 48.4 Å². The lowest BCUT2D eigenvalue weighted by Gasteiger charge is -2.31. The third kappa shape index (κ3) is 4.00. The summed E-state index contributed by atoms with van der Waals surface area (Å²) in [4.78, 5) is 0.0583. The highest BCUT2D eigenvalue weighted by Gasteiger charge is 2.47. The Morgan fingerprint density at radius 1 is 1.10 bits per heavy atom. The van der Waals surface area contributed by atoms with Gasteiger partial charge in [-0.3, -0.25) is 0 Å². The third-order valence-electron chi connectivity index (χ3n) is 6.11. The van der Waals surface area contributed by atoms with E-state index >= 15 is 0 Å². The Bertz CT molecular complexity index is 1160. The van der Waals surface area contributed by atoms with Gasteiger partial charge in [0.05, 0.1) is 23.9 Å². The highest BCUT2D eigenvalue weighted by Crippen LogP contribution is 2.35. The molecule has 1 fully saturated rings. The second kappa shape index (κ2) is 7.98. The zero-order valence-corrected chi connectivity index (χ0v) is 18.8. The fraction of sp³-hybridized carbons (Fsp3) is 0.455. The summed E-state index contributed by atoms with van der Waals surface area (Å²) in [5.41, 5.74) is 3.15. The molecule has 2 aromatic rings. The van der Waals surface area contributed by atoms with Crippen molar-refractivity contribution in [3.8, 4) is 5.75 Å². The quantitative estimate of drug-likeness (QED) is 0.755. The minimum Gasteiger partial charge on any atom is -0.495 e. The van der Waals surface area contributed by atoms with Gasteiger partial charge in [0, 0.05) is 12.1 Å². The number of hydrogen-bond acceptors (Lipinski definition) is 6. The van der Waals surface area contributed by atoms with Crippen LogP contribution in [0.2, 0.25) is 0 Å². The van der Waals surface area contributed by atoms with Crippen LogP contribution >= 0.6 is 0 Å². The number of hydrogen-bond donors (Lipinski definition) is 1. The van der Waals surface area contributed by atoms with E-state index in [-0.39, 0.29) is 28.2 Å². The number of rotatable bonds is 5. The highest BCUT2D eigenvalue weighted by molar-refractivity contribution is 7.96. The standard InChI is InChI=1S/C22H27NO5S2/c1-15-10-11-20(28-2)21(12-15)30(26,27)22-14-29(24,25)13-19(22)23-18-9-5-7-16-6-3-4-8-17(16)18/h3-4,6,8,10-12,18-19,22-23H,5,7,9,13-14H2,1-2H3/t18?,19-,22-/m0/s1. The smallest absolute Gasteiger partial charge is 0.187 e. The van der Waals surface area contributed by atoms with Crippen molar-refractivity contribution < 1.29 is 21.6 Å². The number of benzene rings is 2. The Balaban J connectivity index is 1.70. The second-order valence-corrected chi connectivity index (χ2v) is 12.5. The summed E-state index contributed by atoms with van der Waals surface area (Å²) in [6, 6.07) is 12.3. The fourth-order valence-electron chi connectivity index (χ4n) is 4.63. The molecule has 1 aliphatic carbocycles. The molecule has 2 aliphatic rings. The third-order valence-corrected chi connectivity index (χ3v) is 10.3. The predicted molar refractivity (Wildman–Crippen MR) is 116 cm³/mol. The first-order valence-electron chi connectivity index (χ1n) is 10.1. The van der Waals surface area contributed by atoms with E-state index in [0.717, 1.165) is 30.4 Å². The Labute approximate surface area is 178 Å². The number of methoxy groups -OCH3 is 1. The number of ether oxygens (including phenoxy) is 1. The van der Waals surface area contributed by atoms with Gasteiger partial charge in [0.2, 0.25) is 0 Å². The first-order chi connectivity index (χ1) is 14.2.